The molecule has 1 saturated carbocycles. The average molecular weight is 412 g/mol. The Kier molecular flexibility index (Phi) is 6.47. The third kappa shape index (κ3) is 4.90. The number of amides is 1. The second-order valence-corrected chi connectivity index (χ2v) is 8.45. The highest BCUT2D eigenvalue weighted by molar-refractivity contribution is 5.94. The Bertz CT molecular complexity index is 811. The molecule has 2 fully saturated rings. The molecule has 5 N–H and O–H groups in total. The number of dihydropyridines is 1. The van der Waals surface area contributed by atoms with E-state index in [9.17, 15) is 4.79 Å². The molecule has 0 aromatic heterocycles. The van der Waals surface area contributed by atoms with E-state index in [0.717, 1.165) is 49.9 Å². The minimum atomic E-state index is -0.376. The Balaban J connectivity index is 1.46. The largest absolute Gasteiger partial charge is 0.381 e. The molecular weight excluding hydrogens is 378 g/mol. The van der Waals surface area contributed by atoms with E-state index in [2.05, 4.69) is 52.0 Å². The summed E-state index contributed by atoms with van der Waals surface area (Å²) in [4.78, 5) is 14.3. The molecule has 0 spiro atoms. The highest BCUT2D eigenvalue weighted by Crippen LogP contribution is 2.26. The molecule has 1 aliphatic carbocycles. The summed E-state index contributed by atoms with van der Waals surface area (Å²) >= 11 is 0. The van der Waals surface area contributed by atoms with Crippen molar-refractivity contribution in [3.8, 4) is 0 Å². The van der Waals surface area contributed by atoms with Gasteiger partial charge in [-0.2, -0.15) is 0 Å². The second kappa shape index (κ2) is 9.43. The van der Waals surface area contributed by atoms with Crippen LogP contribution in [0.2, 0.25) is 0 Å². The van der Waals surface area contributed by atoms with Gasteiger partial charge in [0.25, 0.3) is 0 Å². The van der Waals surface area contributed by atoms with Crippen LogP contribution < -0.4 is 26.6 Å². The minimum absolute atomic E-state index is 0.376. The summed E-state index contributed by atoms with van der Waals surface area (Å²) in [7, 11) is 0. The van der Waals surface area contributed by atoms with Crippen molar-refractivity contribution in [1.29, 1.82) is 0 Å². The molecular formula is C23H33N5O2. The zero-order chi connectivity index (χ0) is 20.9. The molecule has 7 nitrogen and oxygen atoms in total. The molecule has 1 saturated heterocycles. The summed E-state index contributed by atoms with van der Waals surface area (Å²) in [6.45, 7) is 6.11. The lowest BCUT2D eigenvalue weighted by molar-refractivity contribution is -0.114. The molecule has 2 aliphatic heterocycles. The summed E-state index contributed by atoms with van der Waals surface area (Å²) in [5.74, 6) is 1.08. The number of nitrogens with one attached hydrogen (secondary N) is 3. The van der Waals surface area contributed by atoms with Gasteiger partial charge in [0.2, 0.25) is 5.91 Å². The SMILES string of the molecule is CC1CCCCC1NC1=C(C(N)=O)CNC(Nc2ccc(N3CCOCC3)cc2)=C1. The molecule has 2 unspecified atom stereocenters. The molecule has 2 atom stereocenters. The van der Waals surface area contributed by atoms with Gasteiger partial charge in [-0.3, -0.25) is 4.79 Å². The Labute approximate surface area is 178 Å². The third-order valence-corrected chi connectivity index (χ3v) is 6.34. The van der Waals surface area contributed by atoms with Gasteiger partial charge in [0.15, 0.2) is 0 Å². The van der Waals surface area contributed by atoms with Gasteiger partial charge in [-0.25, -0.2) is 0 Å². The van der Waals surface area contributed by atoms with Crippen molar-refractivity contribution in [3.05, 3.63) is 47.4 Å². The normalized spacial score (nSPS) is 24.7. The first-order chi connectivity index (χ1) is 14.6. The number of hydrogen-bond acceptors (Lipinski definition) is 6. The first kappa shape index (κ1) is 20.6. The van der Waals surface area contributed by atoms with E-state index >= 15 is 0 Å². The maximum atomic E-state index is 12.0. The lowest BCUT2D eigenvalue weighted by Gasteiger charge is -2.33. The van der Waals surface area contributed by atoms with Gasteiger partial charge in [-0.1, -0.05) is 19.8 Å². The molecule has 0 bridgehead atoms. The fourth-order valence-electron chi connectivity index (χ4n) is 4.45. The maximum absolute atomic E-state index is 12.0. The number of nitrogens with zero attached hydrogens (tertiary/aromatic N) is 1. The molecule has 30 heavy (non-hydrogen) atoms. The molecule has 162 valence electrons. The number of allylic oxidation sites excluding steroid dienone is 1. The zero-order valence-corrected chi connectivity index (χ0v) is 17.7. The Morgan fingerprint density at radius 1 is 1.17 bits per heavy atom. The van der Waals surface area contributed by atoms with E-state index < -0.39 is 0 Å². The van der Waals surface area contributed by atoms with Crippen LogP contribution in [0.5, 0.6) is 0 Å². The van der Waals surface area contributed by atoms with Crippen molar-refractivity contribution < 1.29 is 9.53 Å². The highest BCUT2D eigenvalue weighted by atomic mass is 16.5. The number of rotatable bonds is 6. The fourth-order valence-corrected chi connectivity index (χ4v) is 4.45. The van der Waals surface area contributed by atoms with Crippen LogP contribution in [-0.2, 0) is 9.53 Å². The van der Waals surface area contributed by atoms with E-state index in [1.807, 2.05) is 6.08 Å². The molecule has 2 heterocycles. The van der Waals surface area contributed by atoms with Crippen LogP contribution in [0.15, 0.2) is 47.4 Å². The number of ether oxygens (including phenoxy) is 1. The van der Waals surface area contributed by atoms with E-state index in [1.165, 1.54) is 24.9 Å². The van der Waals surface area contributed by atoms with Gasteiger partial charge in [0.1, 0.15) is 5.82 Å². The van der Waals surface area contributed by atoms with Crippen LogP contribution in [-0.4, -0.2) is 44.8 Å². The van der Waals surface area contributed by atoms with Gasteiger partial charge < -0.3 is 31.3 Å². The minimum Gasteiger partial charge on any atom is -0.381 e. The first-order valence-electron chi connectivity index (χ1n) is 11.0. The Hall–Kier alpha value is -2.67. The van der Waals surface area contributed by atoms with E-state index in [-0.39, 0.29) is 5.91 Å². The second-order valence-electron chi connectivity index (χ2n) is 8.45. The number of nitrogens with two attached hydrogens (primary N) is 1. The number of carbonyl (C=O) groups is 1. The number of benzene rings is 1. The molecule has 4 rings (SSSR count). The predicted molar refractivity (Wildman–Crippen MR) is 120 cm³/mol. The number of morpholine rings is 1. The quantitative estimate of drug-likeness (QED) is 0.574. The molecule has 1 amide bonds. The number of anilines is 2. The summed E-state index contributed by atoms with van der Waals surface area (Å²) < 4.78 is 5.43. The lowest BCUT2D eigenvalue weighted by atomic mass is 9.85. The number of carbonyl (C=O) groups excluding carboxylic acids is 1. The fraction of sp³-hybridized carbons (Fsp3) is 0.522. The predicted octanol–water partition coefficient (Wildman–Crippen LogP) is 2.29. The molecule has 1 aromatic rings. The van der Waals surface area contributed by atoms with Crippen LogP contribution in [0, 0.1) is 5.92 Å². The van der Waals surface area contributed by atoms with Crippen molar-refractivity contribution in [2.75, 3.05) is 43.1 Å². The van der Waals surface area contributed by atoms with Crippen LogP contribution in [0.4, 0.5) is 11.4 Å². The van der Waals surface area contributed by atoms with Gasteiger partial charge >= 0.3 is 0 Å². The van der Waals surface area contributed by atoms with E-state index in [1.54, 1.807) is 0 Å². The Morgan fingerprint density at radius 2 is 1.90 bits per heavy atom. The summed E-state index contributed by atoms with van der Waals surface area (Å²) in [5.41, 5.74) is 9.30. The van der Waals surface area contributed by atoms with Crippen molar-refractivity contribution in [2.45, 2.75) is 38.6 Å². The van der Waals surface area contributed by atoms with Gasteiger partial charge in [0, 0.05) is 48.8 Å². The van der Waals surface area contributed by atoms with Crippen LogP contribution in [0.3, 0.4) is 0 Å². The highest BCUT2D eigenvalue weighted by Gasteiger charge is 2.25. The monoisotopic (exact) mass is 411 g/mol. The summed E-state index contributed by atoms with van der Waals surface area (Å²) in [6, 6.07) is 8.80. The van der Waals surface area contributed by atoms with Gasteiger partial charge in [-0.05, 0) is 43.0 Å². The average Bonchev–Trinajstić information content (AvgIpc) is 2.76. The summed E-state index contributed by atoms with van der Waals surface area (Å²) in [5, 5.41) is 10.3. The number of primary amides is 1. The topological polar surface area (TPSA) is 91.6 Å². The standard InChI is InChI=1S/C23H33N5O2/c1-16-4-2-3-5-20(16)27-21-14-22(25-15-19(21)23(24)29)26-17-6-8-18(9-7-17)28-10-12-30-13-11-28/h6-9,14,16,20,25-27H,2-5,10-13,15H2,1H3,(H2,24,29). The van der Waals surface area contributed by atoms with Crippen LogP contribution in [0.1, 0.15) is 32.6 Å². The lowest BCUT2D eigenvalue weighted by Crippen LogP contribution is -2.41. The van der Waals surface area contributed by atoms with E-state index in [0.29, 0.717) is 24.1 Å². The number of hydrogen-bond donors (Lipinski definition) is 4. The van der Waals surface area contributed by atoms with Crippen molar-refractivity contribution in [3.63, 3.8) is 0 Å². The Morgan fingerprint density at radius 3 is 2.60 bits per heavy atom. The molecule has 1 aromatic carbocycles. The van der Waals surface area contributed by atoms with E-state index in [4.69, 9.17) is 10.5 Å². The van der Waals surface area contributed by atoms with Crippen molar-refractivity contribution in [1.82, 2.24) is 10.6 Å². The van der Waals surface area contributed by atoms with Crippen LogP contribution >= 0.6 is 0 Å². The van der Waals surface area contributed by atoms with Crippen molar-refractivity contribution >= 4 is 17.3 Å². The molecule has 3 aliphatic rings. The molecule has 7 heteroatoms. The third-order valence-electron chi connectivity index (χ3n) is 6.34. The van der Waals surface area contributed by atoms with Crippen molar-refractivity contribution in [2.24, 2.45) is 11.7 Å². The smallest absolute Gasteiger partial charge is 0.248 e. The van der Waals surface area contributed by atoms with Gasteiger partial charge in [0.05, 0.1) is 18.8 Å². The maximum Gasteiger partial charge on any atom is 0.248 e. The first-order valence-corrected chi connectivity index (χ1v) is 11.0. The van der Waals surface area contributed by atoms with Gasteiger partial charge in [-0.15, -0.1) is 0 Å². The zero-order valence-electron chi connectivity index (χ0n) is 17.7. The molecule has 0 radical (unpaired) electrons. The van der Waals surface area contributed by atoms with Crippen LogP contribution in [0.25, 0.3) is 0 Å². The summed E-state index contributed by atoms with van der Waals surface area (Å²) in [6.07, 6.45) is 6.83.